The van der Waals surface area contributed by atoms with E-state index in [0.29, 0.717) is 6.07 Å². The lowest BCUT2D eigenvalue weighted by molar-refractivity contribution is -0.139. The van der Waals surface area contributed by atoms with Gasteiger partial charge in [-0.25, -0.2) is 14.4 Å². The highest BCUT2D eigenvalue weighted by atomic mass is 19.4. The van der Waals surface area contributed by atoms with Crippen molar-refractivity contribution in [1.82, 2.24) is 9.97 Å². The number of halogens is 7. The van der Waals surface area contributed by atoms with Crippen LogP contribution < -0.4 is 10.1 Å². The highest BCUT2D eigenvalue weighted by Gasteiger charge is 2.35. The third-order valence-corrected chi connectivity index (χ3v) is 4.50. The standard InChI is InChI=1S/C21H18F7N3O2/c1-11-30-17-9-16(21(26,27)28)18(33-4-3-32-2)8-15(17)19(31-11)29-10-12-5-13(20(23,24)25)7-14(22)6-12/h5-9H,3-4,10H2,1-2H3,(H,29,30,31). The molecule has 1 heterocycles. The molecule has 0 amide bonds. The fourth-order valence-corrected chi connectivity index (χ4v) is 3.08. The molecule has 0 unspecified atom stereocenters. The van der Waals surface area contributed by atoms with Crippen molar-refractivity contribution in [3.63, 3.8) is 0 Å². The van der Waals surface area contributed by atoms with Crippen LogP contribution in [0.3, 0.4) is 0 Å². The van der Waals surface area contributed by atoms with Crippen LogP contribution in [-0.2, 0) is 23.6 Å². The molecule has 3 rings (SSSR count). The van der Waals surface area contributed by atoms with Gasteiger partial charge in [0.2, 0.25) is 0 Å². The van der Waals surface area contributed by atoms with Gasteiger partial charge in [-0.1, -0.05) is 0 Å². The lowest BCUT2D eigenvalue weighted by Gasteiger charge is -2.17. The van der Waals surface area contributed by atoms with E-state index in [2.05, 4.69) is 15.3 Å². The molecule has 0 spiro atoms. The molecule has 1 N–H and O–H groups in total. The molecule has 0 radical (unpaired) electrons. The lowest BCUT2D eigenvalue weighted by atomic mass is 10.1. The summed E-state index contributed by atoms with van der Waals surface area (Å²) in [5, 5.41) is 2.90. The van der Waals surface area contributed by atoms with Gasteiger partial charge < -0.3 is 14.8 Å². The monoisotopic (exact) mass is 477 g/mol. The van der Waals surface area contributed by atoms with Crippen LogP contribution in [0.2, 0.25) is 0 Å². The van der Waals surface area contributed by atoms with Crippen LogP contribution in [0.25, 0.3) is 10.9 Å². The first-order valence-corrected chi connectivity index (χ1v) is 9.50. The molecular formula is C21H18F7N3O2. The predicted molar refractivity (Wildman–Crippen MR) is 105 cm³/mol. The second-order valence-electron chi connectivity index (χ2n) is 7.02. The number of rotatable bonds is 7. The number of alkyl halides is 6. The van der Waals surface area contributed by atoms with E-state index in [1.165, 1.54) is 14.0 Å². The topological polar surface area (TPSA) is 56.3 Å². The van der Waals surface area contributed by atoms with Crippen molar-refractivity contribution in [2.24, 2.45) is 0 Å². The van der Waals surface area contributed by atoms with Gasteiger partial charge in [-0.15, -0.1) is 0 Å². The highest BCUT2D eigenvalue weighted by Crippen LogP contribution is 2.40. The molecule has 0 aliphatic rings. The molecule has 0 saturated carbocycles. The van der Waals surface area contributed by atoms with Gasteiger partial charge in [0.15, 0.2) is 0 Å². The number of ether oxygens (including phenoxy) is 2. The zero-order valence-corrected chi connectivity index (χ0v) is 17.4. The first-order valence-electron chi connectivity index (χ1n) is 9.50. The molecule has 5 nitrogen and oxygen atoms in total. The molecule has 3 aromatic rings. The van der Waals surface area contributed by atoms with Crippen molar-refractivity contribution >= 4 is 16.7 Å². The van der Waals surface area contributed by atoms with Gasteiger partial charge in [-0.3, -0.25) is 0 Å². The molecule has 33 heavy (non-hydrogen) atoms. The van der Waals surface area contributed by atoms with Gasteiger partial charge in [0, 0.05) is 19.0 Å². The smallest absolute Gasteiger partial charge is 0.420 e. The average molecular weight is 477 g/mol. The van der Waals surface area contributed by atoms with E-state index < -0.39 is 35.0 Å². The number of nitrogens with one attached hydrogen (secondary N) is 1. The van der Waals surface area contributed by atoms with Crippen molar-refractivity contribution in [2.45, 2.75) is 25.8 Å². The van der Waals surface area contributed by atoms with Gasteiger partial charge in [-0.05, 0) is 42.8 Å². The Morgan fingerprint density at radius 2 is 1.64 bits per heavy atom. The summed E-state index contributed by atoms with van der Waals surface area (Å²) >= 11 is 0. The van der Waals surface area contributed by atoms with Gasteiger partial charge in [0.1, 0.15) is 29.8 Å². The summed E-state index contributed by atoms with van der Waals surface area (Å²) in [6.07, 6.45) is -9.46. The number of hydrogen-bond donors (Lipinski definition) is 1. The second kappa shape index (κ2) is 9.38. The van der Waals surface area contributed by atoms with E-state index in [9.17, 15) is 30.7 Å². The maximum absolute atomic E-state index is 13.7. The van der Waals surface area contributed by atoms with Crippen molar-refractivity contribution < 1.29 is 40.2 Å². The molecule has 1 aromatic heterocycles. The second-order valence-corrected chi connectivity index (χ2v) is 7.02. The number of aryl methyl sites for hydroxylation is 1. The summed E-state index contributed by atoms with van der Waals surface area (Å²) < 4.78 is 103. The molecular weight excluding hydrogens is 459 g/mol. The van der Waals surface area contributed by atoms with Crippen LogP contribution in [-0.4, -0.2) is 30.3 Å². The minimum Gasteiger partial charge on any atom is -0.491 e. The molecule has 0 saturated heterocycles. The predicted octanol–water partition coefficient (Wildman–Crippen LogP) is 5.75. The Kier molecular flexibility index (Phi) is 6.96. The summed E-state index contributed by atoms with van der Waals surface area (Å²) in [5.41, 5.74) is -2.29. The third kappa shape index (κ3) is 6.01. The van der Waals surface area contributed by atoms with E-state index in [1.54, 1.807) is 0 Å². The normalized spacial score (nSPS) is 12.3. The zero-order chi connectivity index (χ0) is 24.4. The Bertz CT molecular complexity index is 1150. The molecule has 0 atom stereocenters. The number of benzene rings is 2. The molecule has 0 fully saturated rings. The number of nitrogens with zero attached hydrogens (tertiary/aromatic N) is 2. The van der Waals surface area contributed by atoms with Crippen molar-refractivity contribution in [2.75, 3.05) is 25.6 Å². The van der Waals surface area contributed by atoms with E-state index in [4.69, 9.17) is 9.47 Å². The summed E-state index contributed by atoms with van der Waals surface area (Å²) in [6, 6.07) is 3.96. The van der Waals surface area contributed by atoms with Gasteiger partial charge >= 0.3 is 12.4 Å². The molecule has 0 bridgehead atoms. The summed E-state index contributed by atoms with van der Waals surface area (Å²) in [7, 11) is 1.36. The Morgan fingerprint density at radius 3 is 2.27 bits per heavy atom. The van der Waals surface area contributed by atoms with Crippen LogP contribution in [0.4, 0.5) is 36.6 Å². The van der Waals surface area contributed by atoms with Crippen molar-refractivity contribution in [3.05, 3.63) is 58.7 Å². The van der Waals surface area contributed by atoms with E-state index in [1.807, 2.05) is 0 Å². The quantitative estimate of drug-likeness (QED) is 0.347. The fourth-order valence-electron chi connectivity index (χ4n) is 3.08. The van der Waals surface area contributed by atoms with E-state index >= 15 is 0 Å². The Morgan fingerprint density at radius 1 is 0.909 bits per heavy atom. The zero-order valence-electron chi connectivity index (χ0n) is 17.4. The molecule has 12 heteroatoms. The third-order valence-electron chi connectivity index (χ3n) is 4.50. The van der Waals surface area contributed by atoms with E-state index in [-0.39, 0.29) is 47.9 Å². The number of anilines is 1. The largest absolute Gasteiger partial charge is 0.491 e. The Balaban J connectivity index is 2.01. The number of fused-ring (bicyclic) bond motifs is 1. The number of hydrogen-bond acceptors (Lipinski definition) is 5. The minimum atomic E-state index is -4.74. The summed E-state index contributed by atoms with van der Waals surface area (Å²) in [6.45, 7) is 1.08. The van der Waals surface area contributed by atoms with E-state index in [0.717, 1.165) is 24.3 Å². The van der Waals surface area contributed by atoms with Gasteiger partial charge in [-0.2, -0.15) is 26.3 Å². The maximum atomic E-state index is 13.7. The molecule has 0 aliphatic carbocycles. The molecule has 2 aromatic carbocycles. The van der Waals surface area contributed by atoms with Crippen LogP contribution in [0, 0.1) is 12.7 Å². The maximum Gasteiger partial charge on any atom is 0.420 e. The van der Waals surface area contributed by atoms with Crippen LogP contribution in [0.5, 0.6) is 5.75 Å². The lowest BCUT2D eigenvalue weighted by Crippen LogP contribution is -2.13. The van der Waals surface area contributed by atoms with Crippen molar-refractivity contribution in [1.29, 1.82) is 0 Å². The van der Waals surface area contributed by atoms with Gasteiger partial charge in [0.25, 0.3) is 0 Å². The number of aromatic nitrogens is 2. The Hall–Kier alpha value is -3.15. The minimum absolute atomic E-state index is 0.0322. The van der Waals surface area contributed by atoms with Crippen LogP contribution in [0.1, 0.15) is 22.5 Å². The number of methoxy groups -OCH3 is 1. The summed E-state index contributed by atoms with van der Waals surface area (Å²) in [5.74, 6) is -1.37. The summed E-state index contributed by atoms with van der Waals surface area (Å²) in [4.78, 5) is 8.16. The van der Waals surface area contributed by atoms with Crippen LogP contribution in [0.15, 0.2) is 30.3 Å². The van der Waals surface area contributed by atoms with Crippen LogP contribution >= 0.6 is 0 Å². The highest BCUT2D eigenvalue weighted by molar-refractivity contribution is 5.91. The fraction of sp³-hybridized carbons (Fsp3) is 0.333. The Labute approximate surface area is 183 Å². The molecule has 0 aliphatic heterocycles. The van der Waals surface area contributed by atoms with Gasteiger partial charge in [0.05, 0.1) is 23.3 Å². The SMILES string of the molecule is COCCOc1cc2c(NCc3cc(F)cc(C(F)(F)F)c3)nc(C)nc2cc1C(F)(F)F. The first-order chi connectivity index (χ1) is 15.4. The van der Waals surface area contributed by atoms with Crippen molar-refractivity contribution in [3.8, 4) is 5.75 Å². The molecule has 178 valence electrons. The first kappa shape index (κ1) is 24.5. The average Bonchev–Trinajstić information content (AvgIpc) is 2.70.